The molecule has 1 aliphatic carbocycles. The third kappa shape index (κ3) is 3.83. The van der Waals surface area contributed by atoms with Gasteiger partial charge in [-0.3, -0.25) is 0 Å². The molecule has 3 rings (SSSR count). The van der Waals surface area contributed by atoms with Crippen LogP contribution in [-0.2, 0) is 4.74 Å². The quantitative estimate of drug-likeness (QED) is 0.854. The highest BCUT2D eigenvalue weighted by Gasteiger charge is 2.25. The predicted molar refractivity (Wildman–Crippen MR) is 83.1 cm³/mol. The predicted octanol–water partition coefficient (Wildman–Crippen LogP) is 3.65. The second-order valence-corrected chi connectivity index (χ2v) is 6.53. The minimum atomic E-state index is 0.667. The Morgan fingerprint density at radius 3 is 2.60 bits per heavy atom. The van der Waals surface area contributed by atoms with E-state index in [1.54, 1.807) is 5.56 Å². The Hall–Kier alpha value is -0.860. The first-order valence-corrected chi connectivity index (χ1v) is 8.19. The standard InChI is InChI=1S/C18H27NO/c1-14-4-2-3-5-18(14)16(13-19-17-6-7-17)12-15-8-10-20-11-9-15/h2-5,15-17,19H,6-13H2,1H3. The number of ether oxygens (including phenoxy) is 1. The van der Waals surface area contributed by atoms with Crippen LogP contribution in [0.2, 0.25) is 0 Å². The molecule has 2 aliphatic rings. The lowest BCUT2D eigenvalue weighted by Gasteiger charge is -2.28. The Morgan fingerprint density at radius 2 is 1.90 bits per heavy atom. The Balaban J connectivity index is 1.66. The van der Waals surface area contributed by atoms with Crippen LogP contribution in [0.15, 0.2) is 24.3 Å². The van der Waals surface area contributed by atoms with Gasteiger partial charge in [-0.25, -0.2) is 0 Å². The second kappa shape index (κ2) is 6.73. The minimum Gasteiger partial charge on any atom is -0.381 e. The van der Waals surface area contributed by atoms with Crippen LogP contribution in [0.3, 0.4) is 0 Å². The van der Waals surface area contributed by atoms with Gasteiger partial charge in [-0.05, 0) is 62.0 Å². The summed E-state index contributed by atoms with van der Waals surface area (Å²) in [6.45, 7) is 5.32. The van der Waals surface area contributed by atoms with Crippen LogP contribution in [0, 0.1) is 12.8 Å². The van der Waals surface area contributed by atoms with Gasteiger partial charge in [-0.15, -0.1) is 0 Å². The molecule has 2 heteroatoms. The van der Waals surface area contributed by atoms with E-state index in [2.05, 4.69) is 36.5 Å². The molecule has 1 N–H and O–H groups in total. The minimum absolute atomic E-state index is 0.667. The summed E-state index contributed by atoms with van der Waals surface area (Å²) in [5.41, 5.74) is 2.99. The van der Waals surface area contributed by atoms with E-state index in [1.165, 1.54) is 37.7 Å². The first kappa shape index (κ1) is 14.1. The van der Waals surface area contributed by atoms with Crippen LogP contribution < -0.4 is 5.32 Å². The molecule has 1 saturated heterocycles. The normalized spacial score (nSPS) is 21.9. The summed E-state index contributed by atoms with van der Waals surface area (Å²) < 4.78 is 5.50. The molecular weight excluding hydrogens is 246 g/mol. The molecule has 0 amide bonds. The van der Waals surface area contributed by atoms with Crippen LogP contribution in [0.1, 0.15) is 49.1 Å². The molecule has 2 fully saturated rings. The maximum Gasteiger partial charge on any atom is 0.0468 e. The van der Waals surface area contributed by atoms with Crippen molar-refractivity contribution in [1.82, 2.24) is 5.32 Å². The number of rotatable bonds is 6. The molecule has 1 unspecified atom stereocenters. The first-order valence-electron chi connectivity index (χ1n) is 8.19. The highest BCUT2D eigenvalue weighted by molar-refractivity contribution is 5.29. The van der Waals surface area contributed by atoms with Crippen molar-refractivity contribution in [1.29, 1.82) is 0 Å². The van der Waals surface area contributed by atoms with Gasteiger partial charge in [0.2, 0.25) is 0 Å². The molecule has 0 bridgehead atoms. The van der Waals surface area contributed by atoms with E-state index in [1.807, 2.05) is 0 Å². The van der Waals surface area contributed by atoms with Crippen molar-refractivity contribution in [3.05, 3.63) is 35.4 Å². The summed E-state index contributed by atoms with van der Waals surface area (Å²) in [6, 6.07) is 9.73. The van der Waals surface area contributed by atoms with E-state index in [4.69, 9.17) is 4.74 Å². The molecule has 1 heterocycles. The lowest BCUT2D eigenvalue weighted by Crippen LogP contribution is -2.27. The molecule has 20 heavy (non-hydrogen) atoms. The van der Waals surface area contributed by atoms with Gasteiger partial charge < -0.3 is 10.1 Å². The van der Waals surface area contributed by atoms with Crippen LogP contribution in [-0.4, -0.2) is 25.8 Å². The Bertz CT molecular complexity index is 421. The topological polar surface area (TPSA) is 21.3 Å². The number of nitrogens with one attached hydrogen (secondary N) is 1. The molecule has 0 radical (unpaired) electrons. The van der Waals surface area contributed by atoms with Gasteiger partial charge in [0.15, 0.2) is 0 Å². The monoisotopic (exact) mass is 273 g/mol. The molecule has 1 aromatic rings. The van der Waals surface area contributed by atoms with Crippen molar-refractivity contribution in [3.63, 3.8) is 0 Å². The fraction of sp³-hybridized carbons (Fsp3) is 0.667. The zero-order valence-electron chi connectivity index (χ0n) is 12.6. The fourth-order valence-corrected chi connectivity index (χ4v) is 3.35. The van der Waals surface area contributed by atoms with E-state index in [0.717, 1.165) is 31.7 Å². The molecule has 0 spiro atoms. The molecule has 1 aliphatic heterocycles. The number of aryl methyl sites for hydroxylation is 1. The van der Waals surface area contributed by atoms with E-state index >= 15 is 0 Å². The van der Waals surface area contributed by atoms with Gasteiger partial charge in [-0.1, -0.05) is 24.3 Å². The smallest absolute Gasteiger partial charge is 0.0468 e. The molecule has 0 aromatic heterocycles. The first-order chi connectivity index (χ1) is 9.83. The van der Waals surface area contributed by atoms with Crippen molar-refractivity contribution in [3.8, 4) is 0 Å². The van der Waals surface area contributed by atoms with E-state index in [9.17, 15) is 0 Å². The maximum atomic E-state index is 5.50. The van der Waals surface area contributed by atoms with Crippen molar-refractivity contribution in [2.24, 2.45) is 5.92 Å². The fourth-order valence-electron chi connectivity index (χ4n) is 3.35. The SMILES string of the molecule is Cc1ccccc1C(CNC1CC1)CC1CCOCC1. The van der Waals surface area contributed by atoms with E-state index < -0.39 is 0 Å². The van der Waals surface area contributed by atoms with E-state index in [-0.39, 0.29) is 0 Å². The van der Waals surface area contributed by atoms with Crippen molar-refractivity contribution < 1.29 is 4.74 Å². The lowest BCUT2D eigenvalue weighted by atomic mass is 9.83. The molecule has 1 atom stereocenters. The molecule has 110 valence electrons. The molecule has 1 saturated carbocycles. The van der Waals surface area contributed by atoms with E-state index in [0.29, 0.717) is 5.92 Å². The van der Waals surface area contributed by atoms with Gasteiger partial charge in [0.25, 0.3) is 0 Å². The Labute approximate surface area is 122 Å². The molecule has 2 nitrogen and oxygen atoms in total. The number of benzene rings is 1. The van der Waals surface area contributed by atoms with Gasteiger partial charge in [0.05, 0.1) is 0 Å². The Kier molecular flexibility index (Phi) is 4.74. The second-order valence-electron chi connectivity index (χ2n) is 6.53. The summed E-state index contributed by atoms with van der Waals surface area (Å²) in [4.78, 5) is 0. The highest BCUT2D eigenvalue weighted by Crippen LogP contribution is 2.31. The van der Waals surface area contributed by atoms with Crippen LogP contribution in [0.25, 0.3) is 0 Å². The average molecular weight is 273 g/mol. The van der Waals surface area contributed by atoms with Crippen LogP contribution in [0.4, 0.5) is 0 Å². The summed E-state index contributed by atoms with van der Waals surface area (Å²) in [7, 11) is 0. The van der Waals surface area contributed by atoms with Gasteiger partial charge in [0, 0.05) is 25.8 Å². The van der Waals surface area contributed by atoms with Crippen LogP contribution in [0.5, 0.6) is 0 Å². The highest BCUT2D eigenvalue weighted by atomic mass is 16.5. The molecular formula is C18H27NO. The summed E-state index contributed by atoms with van der Waals surface area (Å²) in [6.07, 6.45) is 6.54. The third-order valence-corrected chi connectivity index (χ3v) is 4.82. The Morgan fingerprint density at radius 1 is 1.15 bits per heavy atom. The third-order valence-electron chi connectivity index (χ3n) is 4.82. The zero-order chi connectivity index (χ0) is 13.8. The number of hydrogen-bond donors (Lipinski definition) is 1. The zero-order valence-corrected chi connectivity index (χ0v) is 12.6. The van der Waals surface area contributed by atoms with Crippen molar-refractivity contribution in [2.75, 3.05) is 19.8 Å². The molecule has 1 aromatic carbocycles. The summed E-state index contributed by atoms with van der Waals surface area (Å²) >= 11 is 0. The van der Waals surface area contributed by atoms with Crippen molar-refractivity contribution in [2.45, 2.75) is 51.0 Å². The summed E-state index contributed by atoms with van der Waals surface area (Å²) in [5.74, 6) is 1.51. The summed E-state index contributed by atoms with van der Waals surface area (Å²) in [5, 5.41) is 3.74. The number of hydrogen-bond acceptors (Lipinski definition) is 2. The van der Waals surface area contributed by atoms with Gasteiger partial charge >= 0.3 is 0 Å². The maximum absolute atomic E-state index is 5.50. The lowest BCUT2D eigenvalue weighted by molar-refractivity contribution is 0.0616. The van der Waals surface area contributed by atoms with Crippen LogP contribution >= 0.6 is 0 Å². The van der Waals surface area contributed by atoms with Gasteiger partial charge in [-0.2, -0.15) is 0 Å². The van der Waals surface area contributed by atoms with Crippen molar-refractivity contribution >= 4 is 0 Å². The van der Waals surface area contributed by atoms with Gasteiger partial charge in [0.1, 0.15) is 0 Å². The largest absolute Gasteiger partial charge is 0.381 e. The average Bonchev–Trinajstić information content (AvgIpc) is 3.29.